The molecule has 2 heterocycles. The fourth-order valence-electron chi connectivity index (χ4n) is 4.12. The molecule has 0 spiro atoms. The molecule has 1 fully saturated rings. The molecule has 0 radical (unpaired) electrons. The van der Waals surface area contributed by atoms with Crippen molar-refractivity contribution in [3.8, 4) is 11.5 Å². The summed E-state index contributed by atoms with van der Waals surface area (Å²) < 4.78 is 52.4. The molecule has 1 saturated heterocycles. The molecular formula is C22H23F3O7. The minimum atomic E-state index is -4.77. The van der Waals surface area contributed by atoms with Crippen LogP contribution in [-0.2, 0) is 17.6 Å². The Hall–Kier alpha value is -2.37. The lowest BCUT2D eigenvalue weighted by Crippen LogP contribution is -2.55. The van der Waals surface area contributed by atoms with Gasteiger partial charge in [0, 0.05) is 12.8 Å². The van der Waals surface area contributed by atoms with Crippen LogP contribution in [0.3, 0.4) is 0 Å². The number of fused-ring (bicyclic) bond motifs is 1. The van der Waals surface area contributed by atoms with Crippen molar-refractivity contribution in [1.29, 1.82) is 0 Å². The molecule has 0 bridgehead atoms. The summed E-state index contributed by atoms with van der Waals surface area (Å²) >= 11 is 0. The molecule has 0 aromatic heterocycles. The molecule has 5 atom stereocenters. The molecule has 2 aromatic rings. The van der Waals surface area contributed by atoms with E-state index in [2.05, 4.69) is 4.74 Å². The Labute approximate surface area is 181 Å². The van der Waals surface area contributed by atoms with E-state index in [-0.39, 0.29) is 5.75 Å². The number of halogens is 3. The van der Waals surface area contributed by atoms with Gasteiger partial charge < -0.3 is 34.6 Å². The van der Waals surface area contributed by atoms with Crippen molar-refractivity contribution in [2.75, 3.05) is 13.2 Å². The van der Waals surface area contributed by atoms with Gasteiger partial charge in [0.1, 0.15) is 42.0 Å². The lowest BCUT2D eigenvalue weighted by Gasteiger charge is -2.40. The number of alkyl halides is 3. The fraction of sp³-hybridized carbons (Fsp3) is 0.455. The van der Waals surface area contributed by atoms with E-state index in [9.17, 15) is 33.6 Å². The molecule has 2 aromatic carbocycles. The van der Waals surface area contributed by atoms with Gasteiger partial charge in [-0.3, -0.25) is 0 Å². The van der Waals surface area contributed by atoms with Gasteiger partial charge in [-0.25, -0.2) is 0 Å². The van der Waals surface area contributed by atoms with Gasteiger partial charge in [0.25, 0.3) is 0 Å². The molecular weight excluding hydrogens is 433 g/mol. The normalized spacial score (nSPS) is 27.7. The second kappa shape index (κ2) is 8.87. The van der Waals surface area contributed by atoms with Crippen molar-refractivity contribution >= 4 is 0 Å². The van der Waals surface area contributed by atoms with Crippen LogP contribution in [0.5, 0.6) is 11.5 Å². The predicted molar refractivity (Wildman–Crippen MR) is 104 cm³/mol. The van der Waals surface area contributed by atoms with E-state index in [1.54, 1.807) is 12.1 Å². The maximum Gasteiger partial charge on any atom is 0.573 e. The Kier molecular flexibility index (Phi) is 6.33. The summed E-state index contributed by atoms with van der Waals surface area (Å²) in [6.07, 6.45) is -10.2. The van der Waals surface area contributed by atoms with Crippen LogP contribution in [0.2, 0.25) is 0 Å². The van der Waals surface area contributed by atoms with Crippen molar-refractivity contribution in [2.24, 2.45) is 0 Å². The van der Waals surface area contributed by atoms with Crippen molar-refractivity contribution < 1.29 is 47.8 Å². The summed E-state index contributed by atoms with van der Waals surface area (Å²) in [5.74, 6) is 0.340. The predicted octanol–water partition coefficient (Wildman–Crippen LogP) is 1.63. The van der Waals surface area contributed by atoms with Crippen LogP contribution in [0.25, 0.3) is 0 Å². The highest BCUT2D eigenvalue weighted by atomic mass is 19.4. The summed E-state index contributed by atoms with van der Waals surface area (Å²) in [7, 11) is 0. The first-order chi connectivity index (χ1) is 15.2. The molecule has 0 aliphatic carbocycles. The molecule has 0 saturated carbocycles. The number of aliphatic hydroxyl groups is 4. The molecule has 4 rings (SSSR count). The summed E-state index contributed by atoms with van der Waals surface area (Å²) in [5.41, 5.74) is 2.85. The highest BCUT2D eigenvalue weighted by Crippen LogP contribution is 2.39. The Bertz CT molecular complexity index is 946. The Morgan fingerprint density at radius 2 is 1.72 bits per heavy atom. The second-order valence-corrected chi connectivity index (χ2v) is 7.88. The van der Waals surface area contributed by atoms with Crippen LogP contribution in [0.4, 0.5) is 13.2 Å². The van der Waals surface area contributed by atoms with Gasteiger partial charge in [0.15, 0.2) is 0 Å². The number of rotatable bonds is 5. The second-order valence-electron chi connectivity index (χ2n) is 7.88. The van der Waals surface area contributed by atoms with Crippen LogP contribution in [0.15, 0.2) is 36.4 Å². The van der Waals surface area contributed by atoms with Crippen LogP contribution in [0.1, 0.15) is 28.4 Å². The van der Waals surface area contributed by atoms with Gasteiger partial charge in [-0.05, 0) is 46.5 Å². The van der Waals surface area contributed by atoms with E-state index in [1.165, 1.54) is 24.3 Å². The van der Waals surface area contributed by atoms with Crippen molar-refractivity contribution in [2.45, 2.75) is 49.7 Å². The highest BCUT2D eigenvalue weighted by molar-refractivity contribution is 5.50. The number of benzene rings is 2. The Morgan fingerprint density at radius 3 is 2.38 bits per heavy atom. The van der Waals surface area contributed by atoms with Gasteiger partial charge in [0.2, 0.25) is 0 Å². The summed E-state index contributed by atoms with van der Waals surface area (Å²) in [6.45, 7) is -0.0759. The molecule has 7 nitrogen and oxygen atoms in total. The molecule has 2 aliphatic heterocycles. The fourth-order valence-corrected chi connectivity index (χ4v) is 4.12. The summed E-state index contributed by atoms with van der Waals surface area (Å²) in [6, 6.07) is 9.01. The van der Waals surface area contributed by atoms with Gasteiger partial charge in [-0.2, -0.15) is 0 Å². The zero-order chi connectivity index (χ0) is 23.0. The van der Waals surface area contributed by atoms with E-state index in [4.69, 9.17) is 9.47 Å². The van der Waals surface area contributed by atoms with Gasteiger partial charge in [0.05, 0.1) is 13.2 Å². The topological polar surface area (TPSA) is 109 Å². The maximum atomic E-state index is 12.4. The smallest absolute Gasteiger partial charge is 0.493 e. The average molecular weight is 456 g/mol. The molecule has 32 heavy (non-hydrogen) atoms. The van der Waals surface area contributed by atoms with Gasteiger partial charge in [-0.15, -0.1) is 13.2 Å². The monoisotopic (exact) mass is 456 g/mol. The first-order valence-electron chi connectivity index (χ1n) is 10.1. The van der Waals surface area contributed by atoms with E-state index < -0.39 is 43.5 Å². The van der Waals surface area contributed by atoms with Crippen LogP contribution < -0.4 is 9.47 Å². The number of aliphatic hydroxyl groups excluding tert-OH is 4. The third kappa shape index (κ3) is 4.69. The summed E-state index contributed by atoms with van der Waals surface area (Å²) in [5, 5.41) is 40.1. The third-order valence-corrected chi connectivity index (χ3v) is 5.66. The number of hydrogen-bond acceptors (Lipinski definition) is 7. The number of ether oxygens (including phenoxy) is 3. The van der Waals surface area contributed by atoms with E-state index in [0.29, 0.717) is 36.3 Å². The highest BCUT2D eigenvalue weighted by Gasteiger charge is 2.44. The molecule has 10 heteroatoms. The van der Waals surface area contributed by atoms with Crippen LogP contribution in [0, 0.1) is 0 Å². The largest absolute Gasteiger partial charge is 0.573 e. The first-order valence-corrected chi connectivity index (χ1v) is 10.1. The maximum absolute atomic E-state index is 12.4. The quantitative estimate of drug-likeness (QED) is 0.542. The Morgan fingerprint density at radius 1 is 1.00 bits per heavy atom. The zero-order valence-electron chi connectivity index (χ0n) is 16.8. The lowest BCUT2D eigenvalue weighted by atomic mass is 9.88. The standard InChI is InChI=1S/C22H23F3O7/c23-22(24,25)32-15-3-1-11(2-4-15)7-13-9-14(8-12-5-6-30-20(12)13)21-19(29)18(28)17(27)16(10-26)31-21/h1-4,8-9,16-19,21,26-29H,5-7,10H2/t16-,17-,18+,19-,21+/m1/s1. The molecule has 0 unspecified atom stereocenters. The van der Waals surface area contributed by atoms with Crippen LogP contribution >= 0.6 is 0 Å². The van der Waals surface area contributed by atoms with Crippen molar-refractivity contribution in [1.82, 2.24) is 0 Å². The van der Waals surface area contributed by atoms with Crippen molar-refractivity contribution in [3.63, 3.8) is 0 Å². The average Bonchev–Trinajstić information content (AvgIpc) is 3.22. The minimum absolute atomic E-state index is 0.321. The lowest BCUT2D eigenvalue weighted by molar-refractivity contribution is -0.274. The molecule has 4 N–H and O–H groups in total. The Balaban J connectivity index is 1.61. The number of hydrogen-bond donors (Lipinski definition) is 4. The SMILES string of the molecule is OC[C@H]1O[C@@H](c2cc3c(c(Cc4ccc(OC(F)(F)F)cc4)c2)OCC3)[C@H](O)[C@@H](O)[C@@H]1O. The van der Waals surface area contributed by atoms with Gasteiger partial charge in [-0.1, -0.05) is 12.1 Å². The van der Waals surface area contributed by atoms with E-state index in [1.807, 2.05) is 0 Å². The first kappa shape index (κ1) is 22.8. The van der Waals surface area contributed by atoms with E-state index >= 15 is 0 Å². The molecule has 2 aliphatic rings. The molecule has 0 amide bonds. The van der Waals surface area contributed by atoms with Crippen molar-refractivity contribution in [3.05, 3.63) is 58.7 Å². The zero-order valence-corrected chi connectivity index (χ0v) is 16.8. The van der Waals surface area contributed by atoms with Gasteiger partial charge >= 0.3 is 6.36 Å². The molecule has 174 valence electrons. The van der Waals surface area contributed by atoms with Crippen LogP contribution in [-0.4, -0.2) is 64.4 Å². The third-order valence-electron chi connectivity index (χ3n) is 5.66. The van der Waals surface area contributed by atoms with E-state index in [0.717, 1.165) is 11.1 Å². The minimum Gasteiger partial charge on any atom is -0.493 e. The summed E-state index contributed by atoms with van der Waals surface area (Å²) in [4.78, 5) is 0.